The lowest BCUT2D eigenvalue weighted by atomic mass is 10.1. The average Bonchev–Trinajstić information content (AvgIpc) is 2.72. The SMILES string of the molecule is O=C(Oc1ccc([N+](=O)[O-])cc1)N(Cc1ccccc1)c1cccc(C(F)(F)F)c1. The van der Waals surface area contributed by atoms with Crippen molar-refractivity contribution in [3.05, 3.63) is 100 Å². The second kappa shape index (κ2) is 8.64. The lowest BCUT2D eigenvalue weighted by Gasteiger charge is -2.23. The number of benzene rings is 3. The van der Waals surface area contributed by atoms with E-state index in [1.165, 1.54) is 24.3 Å². The summed E-state index contributed by atoms with van der Waals surface area (Å²) in [5.41, 5.74) is -0.411. The fraction of sp³-hybridized carbons (Fsp3) is 0.0952. The quantitative estimate of drug-likeness (QED) is 0.388. The molecule has 0 aliphatic heterocycles. The van der Waals surface area contributed by atoms with Crippen LogP contribution >= 0.6 is 0 Å². The van der Waals surface area contributed by atoms with Gasteiger partial charge in [-0.2, -0.15) is 13.2 Å². The molecule has 154 valence electrons. The van der Waals surface area contributed by atoms with Crippen LogP contribution in [0.2, 0.25) is 0 Å². The third-order valence-electron chi connectivity index (χ3n) is 4.14. The van der Waals surface area contributed by atoms with Crippen LogP contribution in [0.5, 0.6) is 5.75 Å². The number of hydrogen-bond donors (Lipinski definition) is 0. The van der Waals surface area contributed by atoms with Crippen LogP contribution in [0.15, 0.2) is 78.9 Å². The molecule has 0 bridgehead atoms. The molecule has 0 aliphatic carbocycles. The van der Waals surface area contributed by atoms with E-state index in [-0.39, 0.29) is 23.7 Å². The normalized spacial score (nSPS) is 11.0. The van der Waals surface area contributed by atoms with Crippen molar-refractivity contribution in [1.29, 1.82) is 0 Å². The van der Waals surface area contributed by atoms with Gasteiger partial charge in [0.2, 0.25) is 0 Å². The van der Waals surface area contributed by atoms with Gasteiger partial charge in [-0.25, -0.2) is 4.79 Å². The molecule has 9 heteroatoms. The summed E-state index contributed by atoms with van der Waals surface area (Å²) in [4.78, 5) is 24.0. The molecule has 6 nitrogen and oxygen atoms in total. The average molecular weight is 416 g/mol. The fourth-order valence-electron chi connectivity index (χ4n) is 2.67. The van der Waals surface area contributed by atoms with Gasteiger partial charge >= 0.3 is 12.3 Å². The van der Waals surface area contributed by atoms with Gasteiger partial charge in [-0.05, 0) is 35.9 Å². The molecular formula is C21H15F3N2O4. The molecule has 0 saturated heterocycles. The van der Waals surface area contributed by atoms with Gasteiger partial charge < -0.3 is 4.74 Å². The van der Waals surface area contributed by atoms with E-state index < -0.39 is 22.8 Å². The largest absolute Gasteiger partial charge is 0.420 e. The maximum atomic E-state index is 13.1. The van der Waals surface area contributed by atoms with Crippen molar-refractivity contribution < 1.29 is 27.6 Å². The third kappa shape index (κ3) is 5.13. The predicted octanol–water partition coefficient (Wildman–Crippen LogP) is 5.82. The molecule has 0 aromatic heterocycles. The molecule has 0 heterocycles. The number of amides is 1. The van der Waals surface area contributed by atoms with Gasteiger partial charge in [0.15, 0.2) is 0 Å². The first-order chi connectivity index (χ1) is 14.2. The second-order valence-electron chi connectivity index (χ2n) is 6.24. The van der Waals surface area contributed by atoms with Crippen LogP contribution in [0.3, 0.4) is 0 Å². The second-order valence-corrected chi connectivity index (χ2v) is 6.24. The minimum Gasteiger partial charge on any atom is -0.410 e. The monoisotopic (exact) mass is 416 g/mol. The van der Waals surface area contributed by atoms with Crippen LogP contribution in [0.1, 0.15) is 11.1 Å². The van der Waals surface area contributed by atoms with E-state index >= 15 is 0 Å². The number of carbonyl (C=O) groups is 1. The van der Waals surface area contributed by atoms with Gasteiger partial charge in [0.1, 0.15) is 5.75 Å². The summed E-state index contributed by atoms with van der Waals surface area (Å²) in [6, 6.07) is 17.8. The number of nitrogens with zero attached hydrogens (tertiary/aromatic N) is 2. The van der Waals surface area contributed by atoms with Crippen molar-refractivity contribution in [2.75, 3.05) is 4.90 Å². The van der Waals surface area contributed by atoms with Gasteiger partial charge in [0.25, 0.3) is 5.69 Å². The number of non-ortho nitro benzene ring substituents is 1. The first kappa shape index (κ1) is 20.8. The molecule has 0 spiro atoms. The van der Waals surface area contributed by atoms with Crippen molar-refractivity contribution in [2.24, 2.45) is 0 Å². The molecule has 3 rings (SSSR count). The van der Waals surface area contributed by atoms with E-state index in [2.05, 4.69) is 0 Å². The molecule has 1 amide bonds. The van der Waals surface area contributed by atoms with Crippen molar-refractivity contribution in [1.82, 2.24) is 0 Å². The molecule has 30 heavy (non-hydrogen) atoms. The van der Waals surface area contributed by atoms with Gasteiger partial charge in [0, 0.05) is 17.8 Å². The maximum absolute atomic E-state index is 13.1. The zero-order chi connectivity index (χ0) is 21.7. The van der Waals surface area contributed by atoms with Gasteiger partial charge in [-0.1, -0.05) is 36.4 Å². The summed E-state index contributed by atoms with van der Waals surface area (Å²) in [7, 11) is 0. The Morgan fingerprint density at radius 3 is 2.23 bits per heavy atom. The molecule has 0 radical (unpaired) electrons. The van der Waals surface area contributed by atoms with Crippen molar-refractivity contribution >= 4 is 17.5 Å². The third-order valence-corrected chi connectivity index (χ3v) is 4.14. The molecule has 0 aliphatic rings. The maximum Gasteiger partial charge on any atom is 0.420 e. The summed E-state index contributed by atoms with van der Waals surface area (Å²) >= 11 is 0. The van der Waals surface area contributed by atoms with Crippen LogP contribution in [0.25, 0.3) is 0 Å². The summed E-state index contributed by atoms with van der Waals surface area (Å²) in [5.74, 6) is 0.0237. The molecule has 3 aromatic rings. The topological polar surface area (TPSA) is 72.7 Å². The summed E-state index contributed by atoms with van der Waals surface area (Å²) in [6.45, 7) is -0.0338. The van der Waals surface area contributed by atoms with Gasteiger partial charge in [-0.3, -0.25) is 15.0 Å². The Hall–Kier alpha value is -3.88. The summed E-state index contributed by atoms with van der Waals surface area (Å²) in [6.07, 6.45) is -5.50. The summed E-state index contributed by atoms with van der Waals surface area (Å²) < 4.78 is 44.6. The molecule has 0 N–H and O–H groups in total. The standard InChI is InChI=1S/C21H15F3N2O4/c22-21(23,24)16-7-4-8-18(13-16)25(14-15-5-2-1-3-6-15)20(27)30-19-11-9-17(10-12-19)26(28)29/h1-13H,14H2. The van der Waals surface area contributed by atoms with E-state index in [1.807, 2.05) is 0 Å². The number of nitro groups is 1. The molecule has 3 aromatic carbocycles. The van der Waals surface area contributed by atoms with Crippen LogP contribution in [0.4, 0.5) is 29.3 Å². The Labute approximate surface area is 169 Å². The molecule has 0 unspecified atom stereocenters. The Balaban J connectivity index is 1.91. The number of halogens is 3. The number of ether oxygens (including phenoxy) is 1. The lowest BCUT2D eigenvalue weighted by Crippen LogP contribution is -2.33. The predicted molar refractivity (Wildman–Crippen MR) is 103 cm³/mol. The van der Waals surface area contributed by atoms with E-state index in [4.69, 9.17) is 4.74 Å². The zero-order valence-corrected chi connectivity index (χ0v) is 15.4. The van der Waals surface area contributed by atoms with E-state index in [0.29, 0.717) is 5.56 Å². The Morgan fingerprint density at radius 1 is 0.967 bits per heavy atom. The smallest absolute Gasteiger partial charge is 0.410 e. The highest BCUT2D eigenvalue weighted by atomic mass is 19.4. The van der Waals surface area contributed by atoms with Crippen LogP contribution in [-0.2, 0) is 12.7 Å². The number of hydrogen-bond acceptors (Lipinski definition) is 4. The number of nitro benzene ring substituents is 1. The number of alkyl halides is 3. The number of carbonyl (C=O) groups excluding carboxylic acids is 1. The lowest BCUT2D eigenvalue weighted by molar-refractivity contribution is -0.384. The van der Waals surface area contributed by atoms with Crippen molar-refractivity contribution in [2.45, 2.75) is 12.7 Å². The Kier molecular flexibility index (Phi) is 6.01. The van der Waals surface area contributed by atoms with Crippen molar-refractivity contribution in [3.8, 4) is 5.75 Å². The molecule has 0 atom stereocenters. The van der Waals surface area contributed by atoms with Crippen LogP contribution in [-0.4, -0.2) is 11.0 Å². The minimum absolute atomic E-state index is 0.000546. The molecule has 0 saturated carbocycles. The number of rotatable bonds is 5. The molecular weight excluding hydrogens is 401 g/mol. The Bertz CT molecular complexity index is 1040. The van der Waals surface area contributed by atoms with E-state index in [9.17, 15) is 28.1 Å². The van der Waals surface area contributed by atoms with Crippen molar-refractivity contribution in [3.63, 3.8) is 0 Å². The van der Waals surface area contributed by atoms with Crippen LogP contribution in [0, 0.1) is 10.1 Å². The van der Waals surface area contributed by atoms with Gasteiger partial charge in [0.05, 0.1) is 17.0 Å². The highest BCUT2D eigenvalue weighted by molar-refractivity contribution is 5.89. The van der Waals surface area contributed by atoms with E-state index in [0.717, 1.165) is 29.2 Å². The summed E-state index contributed by atoms with van der Waals surface area (Å²) in [5, 5.41) is 10.7. The fourth-order valence-corrected chi connectivity index (χ4v) is 2.67. The Morgan fingerprint density at radius 2 is 1.63 bits per heavy atom. The zero-order valence-electron chi connectivity index (χ0n) is 15.4. The highest BCUT2D eigenvalue weighted by Crippen LogP contribution is 2.32. The van der Waals surface area contributed by atoms with E-state index in [1.54, 1.807) is 30.3 Å². The first-order valence-corrected chi connectivity index (χ1v) is 8.69. The first-order valence-electron chi connectivity index (χ1n) is 8.69. The van der Waals surface area contributed by atoms with Crippen LogP contribution < -0.4 is 9.64 Å². The minimum atomic E-state index is -4.57. The number of anilines is 1. The van der Waals surface area contributed by atoms with Gasteiger partial charge in [-0.15, -0.1) is 0 Å². The molecule has 0 fully saturated rings. The highest BCUT2D eigenvalue weighted by Gasteiger charge is 2.31.